The number of fused-ring (bicyclic) bond motifs is 1. The number of nitrogen functional groups attached to an aromatic ring is 1. The zero-order valence-electron chi connectivity index (χ0n) is 10.3. The lowest BCUT2D eigenvalue weighted by atomic mass is 10.1. The van der Waals surface area contributed by atoms with Crippen molar-refractivity contribution in [1.29, 1.82) is 0 Å². The van der Waals surface area contributed by atoms with Crippen molar-refractivity contribution in [3.8, 4) is 0 Å². The number of nitrogens with zero attached hydrogens (tertiary/aromatic N) is 1. The molecule has 2 nitrogen and oxygen atoms in total. The fraction of sp³-hybridized carbons (Fsp3) is 0.200. The summed E-state index contributed by atoms with van der Waals surface area (Å²) in [7, 11) is 0. The second-order valence-corrected chi connectivity index (χ2v) is 5.69. The predicted molar refractivity (Wildman–Crippen MR) is 79.6 cm³/mol. The molecule has 0 saturated carbocycles. The Morgan fingerprint density at radius 2 is 1.83 bits per heavy atom. The van der Waals surface area contributed by atoms with Crippen LogP contribution in [-0.2, 0) is 13.1 Å². The summed E-state index contributed by atoms with van der Waals surface area (Å²) >= 11 is 3.65. The Hall–Kier alpha value is -1.48. The van der Waals surface area contributed by atoms with Crippen LogP contribution in [0.15, 0.2) is 40.9 Å². The molecule has 1 heterocycles. The minimum Gasteiger partial charge on any atom is -0.399 e. The Morgan fingerprint density at radius 1 is 1.06 bits per heavy atom. The molecule has 1 aliphatic rings. The Balaban J connectivity index is 1.93. The quantitative estimate of drug-likeness (QED) is 0.811. The van der Waals surface area contributed by atoms with E-state index in [0.717, 1.165) is 23.2 Å². The molecule has 0 radical (unpaired) electrons. The lowest BCUT2D eigenvalue weighted by Gasteiger charge is -2.19. The van der Waals surface area contributed by atoms with Crippen molar-refractivity contribution in [2.45, 2.75) is 20.0 Å². The number of benzene rings is 2. The van der Waals surface area contributed by atoms with Gasteiger partial charge in [-0.1, -0.05) is 12.1 Å². The van der Waals surface area contributed by atoms with E-state index in [1.165, 1.54) is 22.4 Å². The van der Waals surface area contributed by atoms with Crippen LogP contribution in [-0.4, -0.2) is 0 Å². The van der Waals surface area contributed by atoms with Gasteiger partial charge < -0.3 is 10.6 Å². The summed E-state index contributed by atoms with van der Waals surface area (Å²) in [4.78, 5) is 2.37. The van der Waals surface area contributed by atoms with Crippen LogP contribution < -0.4 is 10.6 Å². The van der Waals surface area contributed by atoms with Gasteiger partial charge in [0.05, 0.1) is 5.69 Å². The normalized spacial score (nSPS) is 13.8. The molecule has 18 heavy (non-hydrogen) atoms. The average molecular weight is 303 g/mol. The van der Waals surface area contributed by atoms with Crippen LogP contribution in [0.4, 0.5) is 11.4 Å². The number of rotatable bonds is 1. The maximum atomic E-state index is 5.84. The summed E-state index contributed by atoms with van der Waals surface area (Å²) in [5, 5.41) is 0. The van der Waals surface area contributed by atoms with Crippen LogP contribution in [0.2, 0.25) is 0 Å². The minimum absolute atomic E-state index is 0.846. The van der Waals surface area contributed by atoms with Gasteiger partial charge in [0, 0.05) is 23.2 Å². The lowest BCUT2D eigenvalue weighted by molar-refractivity contribution is 0.877. The van der Waals surface area contributed by atoms with Gasteiger partial charge in [0.25, 0.3) is 0 Å². The van der Waals surface area contributed by atoms with Crippen molar-refractivity contribution in [3.63, 3.8) is 0 Å². The van der Waals surface area contributed by atoms with E-state index < -0.39 is 0 Å². The van der Waals surface area contributed by atoms with Crippen molar-refractivity contribution in [2.24, 2.45) is 0 Å². The molecule has 0 unspecified atom stereocenters. The van der Waals surface area contributed by atoms with E-state index in [0.29, 0.717) is 0 Å². The average Bonchev–Trinajstić information content (AvgIpc) is 2.71. The van der Waals surface area contributed by atoms with Gasteiger partial charge in [0.15, 0.2) is 0 Å². The molecule has 0 amide bonds. The number of hydrogen-bond acceptors (Lipinski definition) is 2. The third kappa shape index (κ3) is 1.99. The molecular weight excluding hydrogens is 288 g/mol. The SMILES string of the molecule is Cc1ccc(N2Cc3ccc(N)cc3C2)c(Br)c1. The summed E-state index contributed by atoms with van der Waals surface area (Å²) < 4.78 is 1.16. The third-order valence-electron chi connectivity index (χ3n) is 3.40. The smallest absolute Gasteiger partial charge is 0.0516 e. The van der Waals surface area contributed by atoms with Gasteiger partial charge in [0.2, 0.25) is 0 Å². The van der Waals surface area contributed by atoms with Crippen molar-refractivity contribution in [2.75, 3.05) is 10.6 Å². The zero-order chi connectivity index (χ0) is 12.7. The maximum absolute atomic E-state index is 5.84. The topological polar surface area (TPSA) is 29.3 Å². The van der Waals surface area contributed by atoms with Gasteiger partial charge in [-0.15, -0.1) is 0 Å². The molecule has 0 atom stereocenters. The van der Waals surface area contributed by atoms with Crippen molar-refractivity contribution < 1.29 is 0 Å². The summed E-state index contributed by atoms with van der Waals surface area (Å²) in [6.45, 7) is 3.99. The van der Waals surface area contributed by atoms with E-state index in [1.807, 2.05) is 6.07 Å². The molecule has 0 fully saturated rings. The van der Waals surface area contributed by atoms with Gasteiger partial charge >= 0.3 is 0 Å². The molecular formula is C15H15BrN2. The van der Waals surface area contributed by atoms with Crippen LogP contribution in [0.25, 0.3) is 0 Å². The van der Waals surface area contributed by atoms with Gasteiger partial charge in [0.1, 0.15) is 0 Å². The maximum Gasteiger partial charge on any atom is 0.0516 e. The van der Waals surface area contributed by atoms with E-state index in [-0.39, 0.29) is 0 Å². The number of halogens is 1. The van der Waals surface area contributed by atoms with E-state index in [4.69, 9.17) is 5.73 Å². The zero-order valence-corrected chi connectivity index (χ0v) is 11.9. The highest BCUT2D eigenvalue weighted by Crippen LogP contribution is 2.34. The van der Waals surface area contributed by atoms with E-state index in [2.05, 4.69) is 58.1 Å². The molecule has 0 aromatic heterocycles. The van der Waals surface area contributed by atoms with Crippen LogP contribution in [0.1, 0.15) is 16.7 Å². The summed E-state index contributed by atoms with van der Waals surface area (Å²) in [5.41, 5.74) is 11.9. The van der Waals surface area contributed by atoms with Crippen molar-refractivity contribution in [1.82, 2.24) is 0 Å². The molecule has 2 aromatic carbocycles. The molecule has 0 spiro atoms. The third-order valence-corrected chi connectivity index (χ3v) is 4.03. The van der Waals surface area contributed by atoms with Crippen LogP contribution in [0.3, 0.4) is 0 Å². The monoisotopic (exact) mass is 302 g/mol. The first-order chi connectivity index (χ1) is 8.63. The first-order valence-corrected chi connectivity index (χ1v) is 6.81. The first kappa shape index (κ1) is 11.6. The lowest BCUT2D eigenvalue weighted by Crippen LogP contribution is -2.14. The number of nitrogens with two attached hydrogens (primary N) is 1. The van der Waals surface area contributed by atoms with Gasteiger partial charge in [-0.05, 0) is 63.8 Å². The minimum atomic E-state index is 0.846. The molecule has 92 valence electrons. The molecule has 2 aromatic rings. The Morgan fingerprint density at radius 3 is 2.61 bits per heavy atom. The van der Waals surface area contributed by atoms with Gasteiger partial charge in [-0.3, -0.25) is 0 Å². The van der Waals surface area contributed by atoms with Crippen LogP contribution >= 0.6 is 15.9 Å². The molecule has 0 aliphatic carbocycles. The molecule has 0 bridgehead atoms. The molecule has 0 saturated heterocycles. The largest absolute Gasteiger partial charge is 0.399 e. The van der Waals surface area contributed by atoms with Gasteiger partial charge in [-0.25, -0.2) is 0 Å². The Labute approximate surface area is 116 Å². The second-order valence-electron chi connectivity index (χ2n) is 4.84. The summed E-state index contributed by atoms with van der Waals surface area (Å²) in [6.07, 6.45) is 0. The standard InChI is InChI=1S/C15H15BrN2/c1-10-2-5-15(14(16)6-10)18-8-11-3-4-13(17)7-12(11)9-18/h2-7H,8-9,17H2,1H3. The van der Waals surface area contributed by atoms with Crippen molar-refractivity contribution in [3.05, 3.63) is 57.6 Å². The highest BCUT2D eigenvalue weighted by Gasteiger charge is 2.20. The number of aryl methyl sites for hydroxylation is 1. The Kier molecular flexibility index (Phi) is 2.78. The summed E-state index contributed by atoms with van der Waals surface area (Å²) in [5.74, 6) is 0. The summed E-state index contributed by atoms with van der Waals surface area (Å²) in [6, 6.07) is 12.7. The van der Waals surface area contributed by atoms with Crippen LogP contribution in [0.5, 0.6) is 0 Å². The number of anilines is 2. The van der Waals surface area contributed by atoms with Crippen molar-refractivity contribution >= 4 is 27.3 Å². The fourth-order valence-electron chi connectivity index (χ4n) is 2.45. The second kappa shape index (κ2) is 4.32. The molecule has 3 rings (SSSR count). The molecule has 3 heteroatoms. The van der Waals surface area contributed by atoms with E-state index in [9.17, 15) is 0 Å². The van der Waals surface area contributed by atoms with Crippen LogP contribution in [0, 0.1) is 6.92 Å². The highest BCUT2D eigenvalue weighted by atomic mass is 79.9. The van der Waals surface area contributed by atoms with E-state index in [1.54, 1.807) is 0 Å². The molecule has 2 N–H and O–H groups in total. The fourth-order valence-corrected chi connectivity index (χ4v) is 3.20. The molecule has 1 aliphatic heterocycles. The number of hydrogen-bond donors (Lipinski definition) is 1. The predicted octanol–water partition coefficient (Wildman–Crippen LogP) is 3.86. The van der Waals surface area contributed by atoms with Gasteiger partial charge in [-0.2, -0.15) is 0 Å². The highest BCUT2D eigenvalue weighted by molar-refractivity contribution is 9.10. The first-order valence-electron chi connectivity index (χ1n) is 6.02. The Bertz CT molecular complexity index is 607. The van der Waals surface area contributed by atoms with E-state index >= 15 is 0 Å².